The lowest BCUT2D eigenvalue weighted by Crippen LogP contribution is -2.45. The summed E-state index contributed by atoms with van der Waals surface area (Å²) in [4.78, 5) is 30.7. The molecule has 0 aromatic rings. The molecule has 1 unspecified atom stereocenters. The second-order valence-electron chi connectivity index (χ2n) is 4.29. The van der Waals surface area contributed by atoms with Crippen LogP contribution in [0.2, 0.25) is 0 Å². The maximum Gasteiger partial charge on any atom is 0.345 e. The number of rotatable bonds is 7. The Kier molecular flexibility index (Phi) is 5.75. The Morgan fingerprint density at radius 2 is 2.11 bits per heavy atom. The summed E-state index contributed by atoms with van der Waals surface area (Å²) < 4.78 is 4.95. The first-order valence-electron chi connectivity index (χ1n) is 6.46. The Labute approximate surface area is 113 Å². The lowest BCUT2D eigenvalue weighted by Gasteiger charge is -2.26. The van der Waals surface area contributed by atoms with Crippen LogP contribution in [0, 0.1) is 0 Å². The van der Waals surface area contributed by atoms with Gasteiger partial charge in [0.2, 0.25) is 5.91 Å². The predicted octanol–water partition coefficient (Wildman–Crippen LogP) is 0.0527. The molecule has 0 saturated heterocycles. The smallest absolute Gasteiger partial charge is 0.345 e. The predicted molar refractivity (Wildman–Crippen MR) is 71.9 cm³/mol. The van der Waals surface area contributed by atoms with Gasteiger partial charge in [-0.15, -0.1) is 0 Å². The van der Waals surface area contributed by atoms with Crippen LogP contribution in [-0.2, 0) is 9.53 Å². The SMILES string of the molecule is CCN(CC)C(=O)CC1C(N)=NC(=O)N1CCOC. The highest BCUT2D eigenvalue weighted by molar-refractivity contribution is 6.04. The first-order chi connectivity index (χ1) is 9.04. The molecule has 7 heteroatoms. The van der Waals surface area contributed by atoms with Crippen molar-refractivity contribution in [2.75, 3.05) is 33.4 Å². The van der Waals surface area contributed by atoms with E-state index < -0.39 is 12.1 Å². The summed E-state index contributed by atoms with van der Waals surface area (Å²) in [6, 6.07) is -0.845. The molecule has 3 amide bonds. The van der Waals surface area contributed by atoms with Gasteiger partial charge in [-0.3, -0.25) is 4.79 Å². The van der Waals surface area contributed by atoms with E-state index in [4.69, 9.17) is 10.5 Å². The second kappa shape index (κ2) is 7.08. The third-order valence-corrected chi connectivity index (χ3v) is 3.21. The highest BCUT2D eigenvalue weighted by Gasteiger charge is 2.35. The number of amides is 3. The molecule has 2 N–H and O–H groups in total. The molecule has 19 heavy (non-hydrogen) atoms. The quantitative estimate of drug-likeness (QED) is 0.708. The number of aliphatic imine (C=N–C) groups is 1. The van der Waals surface area contributed by atoms with Crippen LogP contribution in [0.4, 0.5) is 4.79 Å². The largest absolute Gasteiger partial charge is 0.385 e. The summed E-state index contributed by atoms with van der Waals surface area (Å²) in [5.41, 5.74) is 5.74. The molecular formula is C12H22N4O3. The summed E-state index contributed by atoms with van der Waals surface area (Å²) in [5, 5.41) is 0. The Bertz CT molecular complexity index is 366. The van der Waals surface area contributed by atoms with Crippen molar-refractivity contribution in [3.63, 3.8) is 0 Å². The van der Waals surface area contributed by atoms with E-state index >= 15 is 0 Å². The van der Waals surface area contributed by atoms with Gasteiger partial charge in [0.05, 0.1) is 13.0 Å². The highest BCUT2D eigenvalue weighted by atomic mass is 16.5. The van der Waals surface area contributed by atoms with E-state index in [0.29, 0.717) is 26.2 Å². The van der Waals surface area contributed by atoms with Crippen molar-refractivity contribution in [3.8, 4) is 0 Å². The van der Waals surface area contributed by atoms with E-state index in [2.05, 4.69) is 4.99 Å². The van der Waals surface area contributed by atoms with Crippen LogP contribution in [0.1, 0.15) is 20.3 Å². The third kappa shape index (κ3) is 3.66. The first kappa shape index (κ1) is 15.4. The lowest BCUT2D eigenvalue weighted by molar-refractivity contribution is -0.131. The molecule has 0 radical (unpaired) electrons. The maximum absolute atomic E-state index is 12.1. The zero-order valence-corrected chi connectivity index (χ0v) is 11.8. The molecule has 0 saturated carbocycles. The number of nitrogens with zero attached hydrogens (tertiary/aromatic N) is 3. The fourth-order valence-electron chi connectivity index (χ4n) is 2.07. The van der Waals surface area contributed by atoms with Gasteiger partial charge in [-0.25, -0.2) is 4.79 Å². The van der Waals surface area contributed by atoms with Crippen molar-refractivity contribution in [2.24, 2.45) is 10.7 Å². The van der Waals surface area contributed by atoms with E-state index in [0.717, 1.165) is 0 Å². The summed E-state index contributed by atoms with van der Waals surface area (Å²) >= 11 is 0. The molecule has 1 aliphatic heterocycles. The summed E-state index contributed by atoms with van der Waals surface area (Å²) in [6.07, 6.45) is 0.173. The van der Waals surface area contributed by atoms with Gasteiger partial charge in [0.1, 0.15) is 11.9 Å². The van der Waals surface area contributed by atoms with Crippen LogP contribution in [0.3, 0.4) is 0 Å². The van der Waals surface area contributed by atoms with Crippen molar-refractivity contribution >= 4 is 17.8 Å². The molecule has 1 aliphatic rings. The minimum atomic E-state index is -0.448. The molecule has 108 valence electrons. The van der Waals surface area contributed by atoms with Crippen LogP contribution in [0.25, 0.3) is 0 Å². The highest BCUT2D eigenvalue weighted by Crippen LogP contribution is 2.15. The zero-order valence-electron chi connectivity index (χ0n) is 11.8. The minimum Gasteiger partial charge on any atom is -0.385 e. The average molecular weight is 270 g/mol. The Morgan fingerprint density at radius 3 is 2.63 bits per heavy atom. The minimum absolute atomic E-state index is 0.0229. The van der Waals surface area contributed by atoms with E-state index in [9.17, 15) is 9.59 Å². The number of nitrogens with two attached hydrogens (primary N) is 1. The van der Waals surface area contributed by atoms with Crippen LogP contribution in [0.5, 0.6) is 0 Å². The van der Waals surface area contributed by atoms with Crippen LogP contribution in [-0.4, -0.2) is 67.0 Å². The van der Waals surface area contributed by atoms with Gasteiger partial charge in [-0.05, 0) is 13.8 Å². The van der Waals surface area contributed by atoms with Gasteiger partial charge in [-0.1, -0.05) is 0 Å². The number of hydrogen-bond acceptors (Lipinski definition) is 4. The molecule has 0 bridgehead atoms. The van der Waals surface area contributed by atoms with Crippen molar-refractivity contribution in [1.29, 1.82) is 0 Å². The van der Waals surface area contributed by atoms with E-state index in [-0.39, 0.29) is 18.2 Å². The maximum atomic E-state index is 12.1. The van der Waals surface area contributed by atoms with Crippen LogP contribution < -0.4 is 5.73 Å². The average Bonchev–Trinajstić information content (AvgIpc) is 2.63. The third-order valence-electron chi connectivity index (χ3n) is 3.21. The van der Waals surface area contributed by atoms with Gasteiger partial charge in [0.25, 0.3) is 0 Å². The van der Waals surface area contributed by atoms with Crippen LogP contribution >= 0.6 is 0 Å². The molecule has 7 nitrogen and oxygen atoms in total. The van der Waals surface area contributed by atoms with Gasteiger partial charge < -0.3 is 20.3 Å². The Balaban J connectivity index is 2.70. The van der Waals surface area contributed by atoms with E-state index in [1.165, 1.54) is 4.90 Å². The number of amidine groups is 1. The van der Waals surface area contributed by atoms with Crippen molar-refractivity contribution in [3.05, 3.63) is 0 Å². The molecule has 0 fully saturated rings. The fraction of sp³-hybridized carbons (Fsp3) is 0.750. The molecule has 0 aromatic heterocycles. The van der Waals surface area contributed by atoms with Gasteiger partial charge in [-0.2, -0.15) is 4.99 Å². The van der Waals surface area contributed by atoms with Crippen molar-refractivity contribution < 1.29 is 14.3 Å². The van der Waals surface area contributed by atoms with Gasteiger partial charge >= 0.3 is 6.03 Å². The molecule has 0 aliphatic carbocycles. The number of urea groups is 1. The summed E-state index contributed by atoms with van der Waals surface area (Å²) in [7, 11) is 1.56. The van der Waals surface area contributed by atoms with Gasteiger partial charge in [0.15, 0.2) is 0 Å². The zero-order chi connectivity index (χ0) is 14.4. The number of carbonyl (C=O) groups excluding carboxylic acids is 2. The summed E-state index contributed by atoms with van der Waals surface area (Å²) in [5.74, 6) is 0.187. The summed E-state index contributed by atoms with van der Waals surface area (Å²) in [6.45, 7) is 5.90. The van der Waals surface area contributed by atoms with Crippen molar-refractivity contribution in [1.82, 2.24) is 9.80 Å². The molecule has 1 rings (SSSR count). The van der Waals surface area contributed by atoms with E-state index in [1.54, 1.807) is 12.0 Å². The molecule has 1 heterocycles. The van der Waals surface area contributed by atoms with Crippen molar-refractivity contribution in [2.45, 2.75) is 26.3 Å². The lowest BCUT2D eigenvalue weighted by atomic mass is 10.1. The molecule has 0 aromatic carbocycles. The second-order valence-corrected chi connectivity index (χ2v) is 4.29. The Morgan fingerprint density at radius 1 is 1.47 bits per heavy atom. The first-order valence-corrected chi connectivity index (χ1v) is 6.46. The number of carbonyl (C=O) groups is 2. The number of ether oxygens (including phenoxy) is 1. The monoisotopic (exact) mass is 270 g/mol. The molecule has 0 spiro atoms. The molecular weight excluding hydrogens is 248 g/mol. The standard InChI is InChI=1S/C12H22N4O3/c1-4-15(5-2)10(17)8-9-11(13)14-12(18)16(9)6-7-19-3/h9H,4-8H2,1-3H3,(H2,13,14,18). The topological polar surface area (TPSA) is 88.2 Å². The van der Waals surface area contributed by atoms with E-state index in [1.807, 2.05) is 13.8 Å². The number of methoxy groups -OCH3 is 1. The number of hydrogen-bond donors (Lipinski definition) is 1. The van der Waals surface area contributed by atoms with Crippen LogP contribution in [0.15, 0.2) is 4.99 Å². The van der Waals surface area contributed by atoms with Gasteiger partial charge in [0, 0.05) is 26.7 Å². The normalized spacial score (nSPS) is 18.7. The fourth-order valence-corrected chi connectivity index (χ4v) is 2.07. The Hall–Kier alpha value is -1.63. The molecule has 1 atom stereocenters.